The monoisotopic (exact) mass is 390 g/mol. The smallest absolute Gasteiger partial charge is 0.261 e. The number of rotatable bonds is 5. The highest BCUT2D eigenvalue weighted by molar-refractivity contribution is 7.92. The summed E-state index contributed by atoms with van der Waals surface area (Å²) < 4.78 is 38.5. The molecular formula is C19H22N2O5S. The van der Waals surface area contributed by atoms with Gasteiger partial charge in [0.05, 0.1) is 24.8 Å². The second-order valence-corrected chi connectivity index (χ2v) is 8.09. The maximum Gasteiger partial charge on any atom is 0.261 e. The van der Waals surface area contributed by atoms with E-state index in [9.17, 15) is 13.2 Å². The molecular weight excluding hydrogens is 368 g/mol. The van der Waals surface area contributed by atoms with E-state index in [0.29, 0.717) is 23.6 Å². The predicted molar refractivity (Wildman–Crippen MR) is 103 cm³/mol. The number of hydrogen-bond acceptors (Lipinski definition) is 5. The summed E-state index contributed by atoms with van der Waals surface area (Å²) in [4.78, 5) is 13.7. The van der Waals surface area contributed by atoms with Crippen molar-refractivity contribution < 1.29 is 22.7 Å². The van der Waals surface area contributed by atoms with Crippen molar-refractivity contribution >= 4 is 27.3 Å². The van der Waals surface area contributed by atoms with Crippen LogP contribution >= 0.6 is 0 Å². The van der Waals surface area contributed by atoms with Crippen LogP contribution in [-0.2, 0) is 21.2 Å². The molecule has 7 nitrogen and oxygen atoms in total. The maximum atomic E-state index is 12.8. The number of nitrogens with one attached hydrogen (secondary N) is 1. The fourth-order valence-corrected chi connectivity index (χ4v) is 4.47. The first-order valence-electron chi connectivity index (χ1n) is 8.44. The van der Waals surface area contributed by atoms with Crippen LogP contribution in [0.25, 0.3) is 0 Å². The minimum Gasteiger partial charge on any atom is -0.493 e. The van der Waals surface area contributed by atoms with E-state index in [1.165, 1.54) is 27.2 Å². The first-order chi connectivity index (χ1) is 12.8. The van der Waals surface area contributed by atoms with E-state index in [0.717, 1.165) is 11.3 Å². The van der Waals surface area contributed by atoms with Crippen molar-refractivity contribution in [3.63, 3.8) is 0 Å². The van der Waals surface area contributed by atoms with Gasteiger partial charge in [-0.25, -0.2) is 8.42 Å². The third-order valence-electron chi connectivity index (χ3n) is 4.55. The highest BCUT2D eigenvalue weighted by atomic mass is 32.2. The van der Waals surface area contributed by atoms with Crippen molar-refractivity contribution in [1.29, 1.82) is 0 Å². The minimum absolute atomic E-state index is 0.00858. The summed E-state index contributed by atoms with van der Waals surface area (Å²) in [6, 6.07) is 9.62. The molecule has 0 spiro atoms. The highest BCUT2D eigenvalue weighted by Crippen LogP contribution is 2.35. The van der Waals surface area contributed by atoms with Gasteiger partial charge in [0.1, 0.15) is 0 Å². The minimum atomic E-state index is -3.78. The lowest BCUT2D eigenvalue weighted by molar-refractivity contribution is -0.116. The van der Waals surface area contributed by atoms with E-state index in [1.54, 1.807) is 35.2 Å². The molecule has 0 aromatic heterocycles. The molecule has 0 radical (unpaired) electrons. The van der Waals surface area contributed by atoms with Crippen LogP contribution < -0.4 is 19.1 Å². The van der Waals surface area contributed by atoms with Gasteiger partial charge in [-0.2, -0.15) is 0 Å². The second kappa shape index (κ2) is 7.11. The molecule has 3 rings (SSSR count). The number of nitrogens with zero attached hydrogens (tertiary/aromatic N) is 1. The van der Waals surface area contributed by atoms with Gasteiger partial charge in [0.15, 0.2) is 11.5 Å². The van der Waals surface area contributed by atoms with Crippen molar-refractivity contribution in [3.05, 3.63) is 42.0 Å². The first kappa shape index (κ1) is 19.0. The molecule has 1 amide bonds. The van der Waals surface area contributed by atoms with Gasteiger partial charge in [-0.3, -0.25) is 9.52 Å². The van der Waals surface area contributed by atoms with E-state index in [-0.39, 0.29) is 16.8 Å². The van der Waals surface area contributed by atoms with Crippen LogP contribution in [0.3, 0.4) is 0 Å². The van der Waals surface area contributed by atoms with Crippen LogP contribution in [-0.4, -0.2) is 34.6 Å². The number of amides is 1. The molecule has 0 saturated heterocycles. The molecule has 1 aliphatic rings. The van der Waals surface area contributed by atoms with Crippen molar-refractivity contribution in [2.75, 3.05) is 23.8 Å². The molecule has 27 heavy (non-hydrogen) atoms. The van der Waals surface area contributed by atoms with Gasteiger partial charge < -0.3 is 14.4 Å². The van der Waals surface area contributed by atoms with E-state index in [4.69, 9.17) is 9.47 Å². The Hall–Kier alpha value is -2.74. The molecule has 0 bridgehead atoms. The molecule has 8 heteroatoms. The standard InChI is InChI=1S/C19H22N2O5S/c1-12-9-14-10-16(6-7-17(14)21(12)13(2)22)27(23,24)20-15-5-8-18(25-3)19(11-15)26-4/h5-8,10-12,20H,9H2,1-4H3. The number of anilines is 2. The molecule has 1 heterocycles. The number of methoxy groups -OCH3 is 2. The summed E-state index contributed by atoms with van der Waals surface area (Å²) in [5, 5.41) is 0. The number of benzene rings is 2. The molecule has 1 unspecified atom stereocenters. The van der Waals surface area contributed by atoms with Gasteiger partial charge in [-0.1, -0.05) is 0 Å². The van der Waals surface area contributed by atoms with Crippen LogP contribution in [0.2, 0.25) is 0 Å². The van der Waals surface area contributed by atoms with Gasteiger partial charge >= 0.3 is 0 Å². The molecule has 1 aliphatic heterocycles. The zero-order chi connectivity index (χ0) is 19.8. The Balaban J connectivity index is 1.91. The summed E-state index contributed by atoms with van der Waals surface area (Å²) >= 11 is 0. The zero-order valence-corrected chi connectivity index (χ0v) is 16.5. The third-order valence-corrected chi connectivity index (χ3v) is 5.93. The van der Waals surface area contributed by atoms with Crippen molar-refractivity contribution in [2.45, 2.75) is 31.2 Å². The summed E-state index contributed by atoms with van der Waals surface area (Å²) in [7, 11) is -0.788. The van der Waals surface area contributed by atoms with Crippen LogP contribution in [0.15, 0.2) is 41.3 Å². The van der Waals surface area contributed by atoms with Crippen molar-refractivity contribution in [2.24, 2.45) is 0 Å². The second-order valence-electron chi connectivity index (χ2n) is 6.41. The Morgan fingerprint density at radius 2 is 1.81 bits per heavy atom. The van der Waals surface area contributed by atoms with Gasteiger partial charge in [0.25, 0.3) is 10.0 Å². The fraction of sp³-hybridized carbons (Fsp3) is 0.316. The lowest BCUT2D eigenvalue weighted by Crippen LogP contribution is -2.33. The van der Waals surface area contributed by atoms with Gasteiger partial charge in [-0.05, 0) is 49.2 Å². The van der Waals surface area contributed by atoms with Crippen LogP contribution in [0, 0.1) is 0 Å². The molecule has 0 saturated carbocycles. The molecule has 0 fully saturated rings. The van der Waals surface area contributed by atoms with E-state index < -0.39 is 10.0 Å². The summed E-state index contributed by atoms with van der Waals surface area (Å²) in [5.41, 5.74) is 1.97. The zero-order valence-electron chi connectivity index (χ0n) is 15.6. The summed E-state index contributed by atoms with van der Waals surface area (Å²) in [6.45, 7) is 3.45. The van der Waals surface area contributed by atoms with Gasteiger partial charge in [0, 0.05) is 24.7 Å². The van der Waals surface area contributed by atoms with Crippen LogP contribution in [0.1, 0.15) is 19.4 Å². The third kappa shape index (κ3) is 3.57. The first-order valence-corrected chi connectivity index (χ1v) is 9.92. The fourth-order valence-electron chi connectivity index (χ4n) is 3.37. The number of ether oxygens (including phenoxy) is 2. The molecule has 144 valence electrons. The number of hydrogen-bond donors (Lipinski definition) is 1. The Labute approximate surface area is 158 Å². The quantitative estimate of drug-likeness (QED) is 0.849. The van der Waals surface area contributed by atoms with Crippen LogP contribution in [0.4, 0.5) is 11.4 Å². The molecule has 0 aliphatic carbocycles. The lowest BCUT2D eigenvalue weighted by atomic mass is 10.1. The Morgan fingerprint density at radius 1 is 1.11 bits per heavy atom. The molecule has 1 N–H and O–H groups in total. The lowest BCUT2D eigenvalue weighted by Gasteiger charge is -2.20. The van der Waals surface area contributed by atoms with Crippen molar-refractivity contribution in [3.8, 4) is 11.5 Å². The predicted octanol–water partition coefficient (Wildman–Crippen LogP) is 2.80. The normalized spacial score (nSPS) is 16.0. The summed E-state index contributed by atoms with van der Waals surface area (Å²) in [6.07, 6.45) is 0.620. The largest absolute Gasteiger partial charge is 0.493 e. The Kier molecular flexibility index (Phi) is 5.01. The van der Waals surface area contributed by atoms with Crippen molar-refractivity contribution in [1.82, 2.24) is 0 Å². The van der Waals surface area contributed by atoms with Crippen LogP contribution in [0.5, 0.6) is 11.5 Å². The van der Waals surface area contributed by atoms with Gasteiger partial charge in [-0.15, -0.1) is 0 Å². The SMILES string of the molecule is COc1ccc(NS(=O)(=O)c2ccc3c(c2)CC(C)N3C(C)=O)cc1OC. The van der Waals surface area contributed by atoms with Gasteiger partial charge in [0.2, 0.25) is 5.91 Å². The average Bonchev–Trinajstić information content (AvgIpc) is 2.96. The molecule has 1 atom stereocenters. The highest BCUT2D eigenvalue weighted by Gasteiger charge is 2.30. The number of carbonyl (C=O) groups excluding carboxylic acids is 1. The maximum absolute atomic E-state index is 12.8. The Morgan fingerprint density at radius 3 is 2.44 bits per heavy atom. The van der Waals surface area contributed by atoms with E-state index >= 15 is 0 Å². The summed E-state index contributed by atoms with van der Waals surface area (Å²) in [5.74, 6) is 0.883. The Bertz CT molecular complexity index is 988. The molecule has 2 aromatic carbocycles. The number of carbonyl (C=O) groups is 1. The average molecular weight is 390 g/mol. The topological polar surface area (TPSA) is 84.9 Å². The number of fused-ring (bicyclic) bond motifs is 1. The van der Waals surface area contributed by atoms with E-state index in [1.807, 2.05) is 6.92 Å². The van der Waals surface area contributed by atoms with E-state index in [2.05, 4.69) is 4.72 Å². The number of sulfonamides is 1. The molecule has 2 aromatic rings.